The highest BCUT2D eigenvalue weighted by molar-refractivity contribution is 5.87. The molecule has 1 amide bonds. The molecule has 104 valence electrons. The van der Waals surface area contributed by atoms with Gasteiger partial charge in [0, 0.05) is 12.3 Å². The second-order valence-corrected chi connectivity index (χ2v) is 4.83. The predicted molar refractivity (Wildman–Crippen MR) is 71.5 cm³/mol. The van der Waals surface area contributed by atoms with Gasteiger partial charge in [-0.25, -0.2) is 4.79 Å². The first-order valence-electron chi connectivity index (χ1n) is 6.52. The lowest BCUT2D eigenvalue weighted by Crippen LogP contribution is -2.43. The highest BCUT2D eigenvalue weighted by atomic mass is 16.5. The number of rotatable bonds is 5. The Labute approximate surface area is 117 Å². The Morgan fingerprint density at radius 2 is 2.15 bits per heavy atom. The zero-order valence-electron chi connectivity index (χ0n) is 11.3. The van der Waals surface area contributed by atoms with Gasteiger partial charge in [-0.05, 0) is 24.5 Å². The van der Waals surface area contributed by atoms with Gasteiger partial charge in [-0.3, -0.25) is 4.79 Å². The third kappa shape index (κ3) is 3.35. The zero-order chi connectivity index (χ0) is 14.5. The van der Waals surface area contributed by atoms with E-state index in [0.29, 0.717) is 5.56 Å². The molecule has 1 atom stereocenters. The topological polar surface area (TPSA) is 79.2 Å². The number of nitrogens with zero attached hydrogens (tertiary/aromatic N) is 1. The normalized spacial score (nSPS) is 15.0. The van der Waals surface area contributed by atoms with Crippen LogP contribution in [0.3, 0.4) is 0 Å². The molecule has 20 heavy (non-hydrogen) atoms. The van der Waals surface area contributed by atoms with Gasteiger partial charge in [0.2, 0.25) is 5.91 Å². The number of hydrogen-bond donors (Lipinski definition) is 1. The molecule has 0 saturated heterocycles. The van der Waals surface area contributed by atoms with Crippen LogP contribution in [0.2, 0.25) is 0 Å². The number of benzene rings is 1. The van der Waals surface area contributed by atoms with Crippen molar-refractivity contribution < 1.29 is 14.3 Å². The van der Waals surface area contributed by atoms with Gasteiger partial charge in [0.25, 0.3) is 0 Å². The summed E-state index contributed by atoms with van der Waals surface area (Å²) in [4.78, 5) is 23.6. The molecule has 0 radical (unpaired) electrons. The lowest BCUT2D eigenvalue weighted by Gasteiger charge is -2.17. The Kier molecular flexibility index (Phi) is 4.36. The second kappa shape index (κ2) is 6.20. The molecule has 1 N–H and O–H groups in total. The lowest BCUT2D eigenvalue weighted by atomic mass is 10.0. The van der Waals surface area contributed by atoms with E-state index in [9.17, 15) is 9.59 Å². The summed E-state index contributed by atoms with van der Waals surface area (Å²) in [6, 6.07) is 8.36. The van der Waals surface area contributed by atoms with Gasteiger partial charge in [0.1, 0.15) is 6.04 Å². The van der Waals surface area contributed by atoms with Crippen molar-refractivity contribution in [3.63, 3.8) is 0 Å². The van der Waals surface area contributed by atoms with Crippen LogP contribution >= 0.6 is 0 Å². The molecule has 1 fully saturated rings. The van der Waals surface area contributed by atoms with Gasteiger partial charge in [-0.1, -0.05) is 18.2 Å². The molecule has 0 unspecified atom stereocenters. The van der Waals surface area contributed by atoms with Crippen molar-refractivity contribution in [2.45, 2.75) is 25.3 Å². The minimum absolute atomic E-state index is 0.0216. The average Bonchev–Trinajstić information content (AvgIpc) is 3.30. The van der Waals surface area contributed by atoms with E-state index < -0.39 is 12.0 Å². The monoisotopic (exact) mass is 272 g/mol. The van der Waals surface area contributed by atoms with Crippen LogP contribution < -0.4 is 5.32 Å². The molecule has 2 rings (SSSR count). The van der Waals surface area contributed by atoms with Gasteiger partial charge in [-0.2, -0.15) is 5.26 Å². The van der Waals surface area contributed by atoms with E-state index >= 15 is 0 Å². The quantitative estimate of drug-likeness (QED) is 0.816. The molecule has 1 aliphatic carbocycles. The predicted octanol–water partition coefficient (Wildman–Crippen LogP) is 1.17. The van der Waals surface area contributed by atoms with Gasteiger partial charge >= 0.3 is 5.97 Å². The minimum Gasteiger partial charge on any atom is -0.467 e. The number of methoxy groups -OCH3 is 1. The van der Waals surface area contributed by atoms with E-state index in [1.54, 1.807) is 24.3 Å². The first-order valence-corrected chi connectivity index (χ1v) is 6.52. The van der Waals surface area contributed by atoms with E-state index in [1.165, 1.54) is 7.11 Å². The first kappa shape index (κ1) is 14.1. The summed E-state index contributed by atoms with van der Waals surface area (Å²) >= 11 is 0. The fraction of sp³-hybridized carbons (Fsp3) is 0.400. The van der Waals surface area contributed by atoms with E-state index in [1.807, 2.05) is 0 Å². The van der Waals surface area contributed by atoms with Crippen molar-refractivity contribution in [2.24, 2.45) is 5.92 Å². The fourth-order valence-electron chi connectivity index (χ4n) is 2.00. The number of nitrogens with one attached hydrogen (secondary N) is 1. The Morgan fingerprint density at radius 1 is 1.45 bits per heavy atom. The van der Waals surface area contributed by atoms with Crippen molar-refractivity contribution in [3.8, 4) is 6.07 Å². The highest BCUT2D eigenvalue weighted by Gasteiger charge is 2.33. The molecule has 5 heteroatoms. The number of esters is 1. The Morgan fingerprint density at radius 3 is 2.75 bits per heavy atom. The van der Waals surface area contributed by atoms with Crippen molar-refractivity contribution in [3.05, 3.63) is 35.4 Å². The van der Waals surface area contributed by atoms with E-state index in [0.717, 1.165) is 18.4 Å². The number of hydrogen-bond acceptors (Lipinski definition) is 4. The molecular weight excluding hydrogens is 256 g/mol. The van der Waals surface area contributed by atoms with Crippen LogP contribution in [0.25, 0.3) is 0 Å². The first-order chi connectivity index (χ1) is 9.65. The van der Waals surface area contributed by atoms with Crippen LogP contribution in [-0.2, 0) is 20.7 Å². The van der Waals surface area contributed by atoms with Crippen molar-refractivity contribution >= 4 is 11.9 Å². The molecule has 1 aromatic carbocycles. The summed E-state index contributed by atoms with van der Waals surface area (Å²) in [5.74, 6) is -0.588. The van der Waals surface area contributed by atoms with Crippen molar-refractivity contribution in [2.75, 3.05) is 7.11 Å². The molecule has 0 aliphatic heterocycles. The van der Waals surface area contributed by atoms with E-state index in [2.05, 4.69) is 11.4 Å². The maximum Gasteiger partial charge on any atom is 0.328 e. The number of ether oxygens (including phenoxy) is 1. The van der Waals surface area contributed by atoms with Gasteiger partial charge in [0.05, 0.1) is 18.7 Å². The molecule has 0 bridgehead atoms. The number of nitriles is 1. The molecule has 1 aromatic rings. The summed E-state index contributed by atoms with van der Waals surface area (Å²) in [5, 5.41) is 11.8. The third-order valence-corrected chi connectivity index (χ3v) is 3.31. The smallest absolute Gasteiger partial charge is 0.328 e. The average molecular weight is 272 g/mol. The SMILES string of the molecule is COC(=O)[C@H](Cc1ccccc1C#N)NC(=O)C1CC1. The molecule has 0 aromatic heterocycles. The van der Waals surface area contributed by atoms with Crippen LogP contribution in [0.15, 0.2) is 24.3 Å². The van der Waals surface area contributed by atoms with Crippen LogP contribution in [0.5, 0.6) is 0 Å². The summed E-state index contributed by atoms with van der Waals surface area (Å²) in [5.41, 5.74) is 1.23. The molecule has 0 heterocycles. The minimum atomic E-state index is -0.748. The largest absolute Gasteiger partial charge is 0.467 e. The van der Waals surface area contributed by atoms with Gasteiger partial charge < -0.3 is 10.1 Å². The van der Waals surface area contributed by atoms with E-state index in [4.69, 9.17) is 10.00 Å². The molecule has 5 nitrogen and oxygen atoms in total. The fourth-order valence-corrected chi connectivity index (χ4v) is 2.00. The highest BCUT2D eigenvalue weighted by Crippen LogP contribution is 2.29. The second-order valence-electron chi connectivity index (χ2n) is 4.83. The maximum atomic E-state index is 11.8. The van der Waals surface area contributed by atoms with E-state index in [-0.39, 0.29) is 18.2 Å². The number of carbonyl (C=O) groups is 2. The third-order valence-electron chi connectivity index (χ3n) is 3.31. The van der Waals surface area contributed by atoms with Gasteiger partial charge in [-0.15, -0.1) is 0 Å². The van der Waals surface area contributed by atoms with Crippen LogP contribution in [0.4, 0.5) is 0 Å². The van der Waals surface area contributed by atoms with Crippen molar-refractivity contribution in [1.29, 1.82) is 5.26 Å². The number of carbonyl (C=O) groups excluding carboxylic acids is 2. The van der Waals surface area contributed by atoms with Crippen LogP contribution in [-0.4, -0.2) is 25.0 Å². The lowest BCUT2D eigenvalue weighted by molar-refractivity contribution is -0.145. The Balaban J connectivity index is 2.12. The van der Waals surface area contributed by atoms with Crippen LogP contribution in [0, 0.1) is 17.2 Å². The van der Waals surface area contributed by atoms with Crippen LogP contribution in [0.1, 0.15) is 24.0 Å². The summed E-state index contributed by atoms with van der Waals surface area (Å²) in [6.45, 7) is 0. The maximum absolute atomic E-state index is 11.8. The summed E-state index contributed by atoms with van der Waals surface area (Å²) < 4.78 is 4.72. The standard InChI is InChI=1S/C15H16N2O3/c1-20-15(19)13(17-14(18)10-6-7-10)8-11-4-2-3-5-12(11)9-16/h2-5,10,13H,6-8H2,1H3,(H,17,18)/t13-/m0/s1. The Hall–Kier alpha value is -2.35. The summed E-state index contributed by atoms with van der Waals surface area (Å²) in [6.07, 6.45) is 2.00. The molecule has 1 saturated carbocycles. The number of amides is 1. The van der Waals surface area contributed by atoms with Gasteiger partial charge in [0.15, 0.2) is 0 Å². The molecular formula is C15H16N2O3. The van der Waals surface area contributed by atoms with Crippen molar-refractivity contribution in [1.82, 2.24) is 5.32 Å². The zero-order valence-corrected chi connectivity index (χ0v) is 11.3. The molecule has 0 spiro atoms. The molecule has 1 aliphatic rings. The Bertz CT molecular complexity index is 558. The summed E-state index contributed by atoms with van der Waals surface area (Å²) in [7, 11) is 1.29.